The highest BCUT2D eigenvalue weighted by Crippen LogP contribution is 2.32. The minimum atomic E-state index is -0.0625. The Hall–Kier alpha value is -2.56. The topological polar surface area (TPSA) is 81.4 Å². The van der Waals surface area contributed by atoms with Gasteiger partial charge in [-0.3, -0.25) is 4.79 Å². The lowest BCUT2D eigenvalue weighted by molar-refractivity contribution is 0.102. The molecule has 0 amide bonds. The van der Waals surface area contributed by atoms with Crippen LogP contribution in [0.3, 0.4) is 0 Å². The molecule has 0 saturated heterocycles. The molecule has 0 atom stereocenters. The van der Waals surface area contributed by atoms with E-state index < -0.39 is 0 Å². The molecule has 0 unspecified atom stereocenters. The Labute approximate surface area is 156 Å². The van der Waals surface area contributed by atoms with Crippen molar-refractivity contribution in [1.29, 1.82) is 5.26 Å². The number of aryl methyl sites for hydroxylation is 1. The third-order valence-corrected chi connectivity index (χ3v) is 4.79. The van der Waals surface area contributed by atoms with Crippen molar-refractivity contribution in [2.75, 3.05) is 26.1 Å². The van der Waals surface area contributed by atoms with Crippen molar-refractivity contribution in [3.05, 3.63) is 46.6 Å². The first kappa shape index (κ1) is 18.2. The molecule has 1 aliphatic rings. The first-order chi connectivity index (χ1) is 12.6. The Morgan fingerprint density at radius 3 is 2.81 bits per heavy atom. The third kappa shape index (κ3) is 3.98. The van der Waals surface area contributed by atoms with Crippen LogP contribution in [-0.4, -0.2) is 36.8 Å². The predicted molar refractivity (Wildman–Crippen MR) is 96.9 cm³/mol. The first-order valence-corrected chi connectivity index (χ1v) is 9.06. The number of hydrogen-bond acceptors (Lipinski definition) is 7. The summed E-state index contributed by atoms with van der Waals surface area (Å²) in [5.74, 6) is 1.35. The van der Waals surface area contributed by atoms with E-state index in [0.717, 1.165) is 11.3 Å². The Kier molecular flexibility index (Phi) is 5.76. The zero-order valence-electron chi connectivity index (χ0n) is 14.6. The molecule has 0 saturated carbocycles. The van der Waals surface area contributed by atoms with Crippen molar-refractivity contribution in [1.82, 2.24) is 4.98 Å². The first-order valence-electron chi connectivity index (χ1n) is 8.07. The fraction of sp³-hybridized carbons (Fsp3) is 0.316. The number of nitriles is 1. The number of Topliss-reactive ketones (excluding diaryl/α,β-unsaturated/α-hetero) is 1. The van der Waals surface area contributed by atoms with Crippen molar-refractivity contribution in [2.45, 2.75) is 18.6 Å². The molecular weight excluding hydrogens is 352 g/mol. The fourth-order valence-corrected chi connectivity index (χ4v) is 3.60. The third-order valence-electron chi connectivity index (χ3n) is 3.81. The van der Waals surface area contributed by atoms with Gasteiger partial charge in [-0.15, -0.1) is 0 Å². The van der Waals surface area contributed by atoms with Gasteiger partial charge in [-0.25, -0.2) is 4.98 Å². The number of ether oxygens (including phenoxy) is 3. The Morgan fingerprint density at radius 2 is 2.08 bits per heavy atom. The molecule has 0 spiro atoms. The van der Waals surface area contributed by atoms with Gasteiger partial charge in [-0.2, -0.15) is 5.26 Å². The minimum absolute atomic E-state index is 0.0625. The van der Waals surface area contributed by atoms with Gasteiger partial charge in [0.05, 0.1) is 17.9 Å². The van der Waals surface area contributed by atoms with Crippen LogP contribution in [0.4, 0.5) is 0 Å². The number of methoxy groups -OCH3 is 1. The summed E-state index contributed by atoms with van der Waals surface area (Å²) in [5, 5.41) is 10.0. The van der Waals surface area contributed by atoms with E-state index in [1.807, 2.05) is 13.0 Å². The van der Waals surface area contributed by atoms with E-state index >= 15 is 0 Å². The number of carbonyl (C=O) groups is 1. The molecule has 1 aromatic carbocycles. The Bertz CT molecular complexity index is 877. The number of benzene rings is 1. The van der Waals surface area contributed by atoms with Crippen molar-refractivity contribution in [3.8, 4) is 17.6 Å². The highest BCUT2D eigenvalue weighted by molar-refractivity contribution is 8.00. The summed E-state index contributed by atoms with van der Waals surface area (Å²) in [6, 6.07) is 9.16. The predicted octanol–water partition coefficient (Wildman–Crippen LogP) is 3.15. The second-order valence-electron chi connectivity index (χ2n) is 5.72. The monoisotopic (exact) mass is 370 g/mol. The zero-order valence-corrected chi connectivity index (χ0v) is 15.4. The summed E-state index contributed by atoms with van der Waals surface area (Å²) < 4.78 is 16.1. The van der Waals surface area contributed by atoms with Gasteiger partial charge in [0.15, 0.2) is 17.3 Å². The lowest BCUT2D eigenvalue weighted by Crippen LogP contribution is -2.16. The normalized spacial score (nSPS) is 12.5. The van der Waals surface area contributed by atoms with E-state index in [9.17, 15) is 10.1 Å². The molecule has 7 heteroatoms. The van der Waals surface area contributed by atoms with Gasteiger partial charge < -0.3 is 14.2 Å². The van der Waals surface area contributed by atoms with Crippen LogP contribution in [0.15, 0.2) is 29.3 Å². The summed E-state index contributed by atoms with van der Waals surface area (Å²) in [5.41, 5.74) is 2.56. The quantitative estimate of drug-likeness (QED) is 0.571. The van der Waals surface area contributed by atoms with Crippen LogP contribution in [0.1, 0.15) is 27.2 Å². The van der Waals surface area contributed by atoms with E-state index in [2.05, 4.69) is 11.1 Å². The van der Waals surface area contributed by atoms with Gasteiger partial charge in [0, 0.05) is 18.4 Å². The molecule has 6 nitrogen and oxygen atoms in total. The van der Waals surface area contributed by atoms with Crippen LogP contribution < -0.4 is 9.47 Å². The molecule has 0 fully saturated rings. The second-order valence-corrected chi connectivity index (χ2v) is 6.68. The highest BCUT2D eigenvalue weighted by Gasteiger charge is 2.17. The highest BCUT2D eigenvalue weighted by atomic mass is 32.2. The van der Waals surface area contributed by atoms with Gasteiger partial charge in [0.1, 0.15) is 24.3 Å². The molecule has 1 aromatic heterocycles. The van der Waals surface area contributed by atoms with E-state index in [0.29, 0.717) is 47.5 Å². The number of pyridine rings is 1. The van der Waals surface area contributed by atoms with Crippen LogP contribution in [-0.2, 0) is 11.3 Å². The average Bonchev–Trinajstić information content (AvgIpc) is 2.65. The molecule has 0 aliphatic carbocycles. The van der Waals surface area contributed by atoms with E-state index in [1.54, 1.807) is 25.3 Å². The molecule has 134 valence electrons. The number of carbonyl (C=O) groups excluding carboxylic acids is 1. The molecule has 0 N–H and O–H groups in total. The number of aromatic nitrogens is 1. The molecule has 2 heterocycles. The summed E-state index contributed by atoms with van der Waals surface area (Å²) in [4.78, 5) is 17.0. The van der Waals surface area contributed by atoms with Crippen LogP contribution in [0, 0.1) is 18.3 Å². The fourth-order valence-electron chi connectivity index (χ4n) is 2.64. The Morgan fingerprint density at radius 1 is 1.31 bits per heavy atom. The SMILES string of the molecule is COCc1cc(C)nc(SCC(=O)c2ccc3c(c2)OCCO3)c1C#N. The maximum absolute atomic E-state index is 12.5. The van der Waals surface area contributed by atoms with Crippen LogP contribution >= 0.6 is 11.8 Å². The zero-order chi connectivity index (χ0) is 18.5. The lowest BCUT2D eigenvalue weighted by atomic mass is 10.1. The largest absolute Gasteiger partial charge is 0.486 e. The molecule has 0 bridgehead atoms. The molecule has 2 aromatic rings. The number of nitrogens with zero attached hydrogens (tertiary/aromatic N) is 2. The molecule has 26 heavy (non-hydrogen) atoms. The van der Waals surface area contributed by atoms with Crippen molar-refractivity contribution >= 4 is 17.5 Å². The van der Waals surface area contributed by atoms with E-state index in [4.69, 9.17) is 14.2 Å². The van der Waals surface area contributed by atoms with Gasteiger partial charge in [-0.05, 0) is 36.8 Å². The number of rotatable bonds is 6. The van der Waals surface area contributed by atoms with Crippen LogP contribution in [0.25, 0.3) is 0 Å². The summed E-state index contributed by atoms with van der Waals surface area (Å²) >= 11 is 1.26. The number of hydrogen-bond donors (Lipinski definition) is 0. The maximum Gasteiger partial charge on any atom is 0.173 e. The standard InChI is InChI=1S/C19H18N2O4S/c1-12-7-14(10-23-2)15(9-20)19(21-12)26-11-16(22)13-3-4-17-18(8-13)25-6-5-24-17/h3-4,7-8H,5-6,10-11H2,1-2H3. The average molecular weight is 370 g/mol. The molecule has 1 aliphatic heterocycles. The minimum Gasteiger partial charge on any atom is -0.486 e. The lowest BCUT2D eigenvalue weighted by Gasteiger charge is -2.18. The van der Waals surface area contributed by atoms with Gasteiger partial charge in [0.25, 0.3) is 0 Å². The number of thioether (sulfide) groups is 1. The number of ketones is 1. The number of fused-ring (bicyclic) bond motifs is 1. The maximum atomic E-state index is 12.5. The molecule has 3 rings (SSSR count). The van der Waals surface area contributed by atoms with Gasteiger partial charge in [-0.1, -0.05) is 11.8 Å². The smallest absolute Gasteiger partial charge is 0.173 e. The summed E-state index contributed by atoms with van der Waals surface area (Å²) in [6.45, 7) is 3.17. The van der Waals surface area contributed by atoms with Crippen molar-refractivity contribution in [3.63, 3.8) is 0 Å². The van der Waals surface area contributed by atoms with E-state index in [1.165, 1.54) is 11.8 Å². The van der Waals surface area contributed by atoms with Crippen molar-refractivity contribution in [2.24, 2.45) is 0 Å². The van der Waals surface area contributed by atoms with Crippen LogP contribution in [0.2, 0.25) is 0 Å². The summed E-state index contributed by atoms with van der Waals surface area (Å²) in [7, 11) is 1.58. The molecular formula is C19H18N2O4S. The van der Waals surface area contributed by atoms with Crippen molar-refractivity contribution < 1.29 is 19.0 Å². The Balaban J connectivity index is 1.76. The van der Waals surface area contributed by atoms with Crippen LogP contribution in [0.5, 0.6) is 11.5 Å². The van der Waals surface area contributed by atoms with Gasteiger partial charge in [0.2, 0.25) is 0 Å². The van der Waals surface area contributed by atoms with Gasteiger partial charge >= 0.3 is 0 Å². The molecule has 0 radical (unpaired) electrons. The van der Waals surface area contributed by atoms with E-state index in [-0.39, 0.29) is 11.5 Å². The summed E-state index contributed by atoms with van der Waals surface area (Å²) in [6.07, 6.45) is 0. The second kappa shape index (κ2) is 8.21.